The van der Waals surface area contributed by atoms with Crippen molar-refractivity contribution in [1.29, 1.82) is 0 Å². The van der Waals surface area contributed by atoms with Gasteiger partial charge in [-0.2, -0.15) is 18.3 Å². The maximum absolute atomic E-state index is 14.7. The van der Waals surface area contributed by atoms with E-state index in [0.29, 0.717) is 10.9 Å². The van der Waals surface area contributed by atoms with Gasteiger partial charge >= 0.3 is 12.5 Å². The predicted octanol–water partition coefficient (Wildman–Crippen LogP) is 4.07. The average Bonchev–Trinajstić information content (AvgIpc) is 3.54. The first-order valence-electron chi connectivity index (χ1n) is 14.0. The van der Waals surface area contributed by atoms with E-state index >= 15 is 0 Å². The predicted molar refractivity (Wildman–Crippen MR) is 148 cm³/mol. The van der Waals surface area contributed by atoms with Crippen molar-refractivity contribution < 1.29 is 50.9 Å². The van der Waals surface area contributed by atoms with Crippen molar-refractivity contribution >= 4 is 22.7 Å². The Morgan fingerprint density at radius 3 is 2.54 bits per heavy atom. The molecule has 46 heavy (non-hydrogen) atoms. The van der Waals surface area contributed by atoms with Gasteiger partial charge < -0.3 is 30.4 Å². The molecule has 2 aliphatic heterocycles. The number of carbonyl (C=O) groups excluding carboxylic acids is 2. The summed E-state index contributed by atoms with van der Waals surface area (Å²) >= 11 is 0. The number of primary amides is 1. The van der Waals surface area contributed by atoms with Gasteiger partial charge in [-0.3, -0.25) is 14.3 Å². The lowest BCUT2D eigenvalue weighted by molar-refractivity contribution is -0.286. The van der Waals surface area contributed by atoms with Crippen molar-refractivity contribution in [2.75, 3.05) is 13.2 Å². The van der Waals surface area contributed by atoms with E-state index in [1.54, 1.807) is 16.9 Å². The Morgan fingerprint density at radius 1 is 1.11 bits per heavy atom. The van der Waals surface area contributed by atoms with E-state index in [2.05, 4.69) is 24.9 Å². The number of nitrogens with one attached hydrogen (secondary N) is 1. The lowest BCUT2D eigenvalue weighted by Crippen LogP contribution is -2.51. The number of rotatable bonds is 7. The molecule has 0 bridgehead atoms. The van der Waals surface area contributed by atoms with Crippen LogP contribution in [0.5, 0.6) is 17.2 Å². The van der Waals surface area contributed by atoms with Crippen molar-refractivity contribution in [1.82, 2.24) is 20.1 Å². The fourth-order valence-electron chi connectivity index (χ4n) is 5.45. The number of fused-ring (bicyclic) bond motifs is 3. The number of alkyl halides is 5. The molecule has 2 amide bonds. The maximum atomic E-state index is 14.7. The Labute approximate surface area is 256 Å². The number of carbonyl (C=O) groups is 2. The lowest BCUT2D eigenvalue weighted by Gasteiger charge is -2.31. The van der Waals surface area contributed by atoms with Gasteiger partial charge in [0.15, 0.2) is 11.5 Å². The highest BCUT2D eigenvalue weighted by molar-refractivity contribution is 5.98. The molecule has 0 radical (unpaired) electrons. The lowest BCUT2D eigenvalue weighted by atomic mass is 9.81. The number of nitrogens with two attached hydrogens (primary N) is 1. The Morgan fingerprint density at radius 2 is 1.85 bits per heavy atom. The van der Waals surface area contributed by atoms with Crippen LogP contribution < -0.4 is 25.3 Å². The molecular weight excluding hydrogens is 621 g/mol. The number of pyridine rings is 1. The Balaban J connectivity index is 1.27. The molecule has 4 N–H and O–H groups in total. The third-order valence-electron chi connectivity index (χ3n) is 8.39. The molecule has 11 nitrogen and oxygen atoms in total. The van der Waals surface area contributed by atoms with Gasteiger partial charge in [0.1, 0.15) is 23.5 Å². The van der Waals surface area contributed by atoms with Crippen molar-refractivity contribution in [3.8, 4) is 28.5 Å². The summed E-state index contributed by atoms with van der Waals surface area (Å²) in [5.41, 5.74) is -0.722. The molecule has 4 heterocycles. The van der Waals surface area contributed by atoms with Gasteiger partial charge in [-0.1, -0.05) is 0 Å². The molecule has 0 unspecified atom stereocenters. The minimum absolute atomic E-state index is 0.0295. The first-order valence-corrected chi connectivity index (χ1v) is 14.0. The first kappa shape index (κ1) is 29.7. The topological polar surface area (TPSA) is 151 Å². The second-order valence-corrected chi connectivity index (χ2v) is 11.7. The number of hydrogen-bond donors (Lipinski definition) is 3. The molecule has 0 spiro atoms. The van der Waals surface area contributed by atoms with Crippen LogP contribution in [0.15, 0.2) is 48.7 Å². The fraction of sp³-hybridized carbons (Fsp3) is 0.333. The Kier molecular flexibility index (Phi) is 6.30. The number of benzene rings is 2. The zero-order chi connectivity index (χ0) is 32.8. The summed E-state index contributed by atoms with van der Waals surface area (Å²) in [5, 5.41) is 18.5. The van der Waals surface area contributed by atoms with Crippen LogP contribution >= 0.6 is 0 Å². The van der Waals surface area contributed by atoms with E-state index < -0.39 is 53.3 Å². The van der Waals surface area contributed by atoms with Crippen molar-refractivity contribution in [2.24, 2.45) is 5.73 Å². The van der Waals surface area contributed by atoms with Crippen LogP contribution in [-0.4, -0.2) is 57.3 Å². The van der Waals surface area contributed by atoms with E-state index in [9.17, 15) is 36.6 Å². The number of aromatic nitrogens is 3. The molecule has 4 aromatic rings. The number of halogens is 5. The van der Waals surface area contributed by atoms with Gasteiger partial charge in [0.05, 0.1) is 23.8 Å². The number of amides is 2. The Bertz CT molecular complexity index is 1940. The highest BCUT2D eigenvalue weighted by Crippen LogP contribution is 2.50. The first-order chi connectivity index (χ1) is 21.6. The van der Waals surface area contributed by atoms with E-state index in [-0.39, 0.29) is 46.5 Å². The number of nitrogens with zero attached hydrogens (tertiary/aromatic N) is 3. The van der Waals surface area contributed by atoms with Crippen molar-refractivity contribution in [3.05, 3.63) is 65.5 Å². The molecule has 240 valence electrons. The van der Waals surface area contributed by atoms with Crippen LogP contribution in [0.3, 0.4) is 0 Å². The summed E-state index contributed by atoms with van der Waals surface area (Å²) in [7, 11) is 0. The van der Waals surface area contributed by atoms with Gasteiger partial charge in [-0.05, 0) is 62.2 Å². The molecule has 1 aliphatic carbocycles. The maximum Gasteiger partial charge on any atom is 0.586 e. The second kappa shape index (κ2) is 9.75. The van der Waals surface area contributed by atoms with Crippen molar-refractivity contribution in [3.63, 3.8) is 0 Å². The number of aliphatic hydroxyl groups is 1. The average molecular weight is 646 g/mol. The summed E-state index contributed by atoms with van der Waals surface area (Å²) in [4.78, 5) is 29.6. The summed E-state index contributed by atoms with van der Waals surface area (Å²) in [6.07, 6.45) is -5.68. The normalized spacial score (nSPS) is 21.0. The minimum Gasteiger partial charge on any atom is -0.489 e. The third-order valence-corrected chi connectivity index (χ3v) is 8.39. The van der Waals surface area contributed by atoms with Crippen LogP contribution in [0, 0.1) is 0 Å². The van der Waals surface area contributed by atoms with Gasteiger partial charge in [-0.15, -0.1) is 8.78 Å². The molecule has 0 saturated heterocycles. The monoisotopic (exact) mass is 645 g/mol. The van der Waals surface area contributed by atoms with Crippen LogP contribution in [0.4, 0.5) is 22.0 Å². The van der Waals surface area contributed by atoms with Gasteiger partial charge in [0.2, 0.25) is 11.5 Å². The zero-order valence-electron chi connectivity index (χ0n) is 23.8. The zero-order valence-corrected chi connectivity index (χ0v) is 23.8. The van der Waals surface area contributed by atoms with Gasteiger partial charge in [0.25, 0.3) is 5.91 Å². The molecule has 7 rings (SSSR count). The standard InChI is InChI=1S/C30H24F5N5O6/c1-27(26(36)42)13-44-24-18(27)10-22(38-23(24)14-3-7-20-21(9-14)46-30(34,35)45-20)28(43,29(31,32)33)12-37-25(41)15-2-6-19-16(8-15)11-40(39-19)17-4-5-17/h2-3,6-11,17,43H,4-5,12-13H2,1H3,(H2,36,42)(H,37,41)/t27-,28-/m0/s1. The van der Waals surface area contributed by atoms with E-state index in [1.807, 2.05) is 0 Å². The van der Waals surface area contributed by atoms with Crippen LogP contribution in [0.25, 0.3) is 22.2 Å². The molecule has 3 aliphatic rings. The summed E-state index contributed by atoms with van der Waals surface area (Å²) in [6, 6.07) is 8.92. The Hall–Kier alpha value is -4.99. The quantitative estimate of drug-likeness (QED) is 0.255. The highest BCUT2D eigenvalue weighted by atomic mass is 19.4. The highest BCUT2D eigenvalue weighted by Gasteiger charge is 2.58. The molecular formula is C30H24F5N5O6. The molecule has 2 aromatic carbocycles. The molecule has 1 saturated carbocycles. The van der Waals surface area contributed by atoms with Crippen LogP contribution in [0.1, 0.15) is 47.4 Å². The second-order valence-electron chi connectivity index (χ2n) is 11.7. The smallest absolute Gasteiger partial charge is 0.489 e. The number of ether oxygens (including phenoxy) is 3. The molecule has 2 aromatic heterocycles. The van der Waals surface area contributed by atoms with Crippen molar-refractivity contribution in [2.45, 2.75) is 49.3 Å². The molecule has 16 heteroatoms. The number of hydrogen-bond acceptors (Lipinski definition) is 8. The molecule has 2 atom stereocenters. The summed E-state index contributed by atoms with van der Waals surface area (Å²) in [5.74, 6) is -2.77. The summed E-state index contributed by atoms with van der Waals surface area (Å²) < 4.78 is 87.9. The SMILES string of the molecule is C[C@]1(C(N)=O)COc2c1cc([C@@](O)(CNC(=O)c1ccc3nn(C4CC4)cc3c1)C(F)(F)F)nc2-c1ccc2c(c1)OC(F)(F)O2. The third kappa shape index (κ3) is 4.74. The largest absolute Gasteiger partial charge is 0.586 e. The fourth-order valence-corrected chi connectivity index (χ4v) is 5.45. The van der Waals surface area contributed by atoms with Gasteiger partial charge in [0, 0.05) is 28.3 Å². The minimum atomic E-state index is -5.41. The summed E-state index contributed by atoms with van der Waals surface area (Å²) in [6.45, 7) is -0.411. The van der Waals surface area contributed by atoms with Crippen LogP contribution in [-0.2, 0) is 15.8 Å². The van der Waals surface area contributed by atoms with Crippen LogP contribution in [0.2, 0.25) is 0 Å². The van der Waals surface area contributed by atoms with E-state index in [1.165, 1.54) is 25.1 Å². The molecule has 1 fully saturated rings. The van der Waals surface area contributed by atoms with E-state index in [4.69, 9.17) is 10.5 Å². The van der Waals surface area contributed by atoms with E-state index in [0.717, 1.165) is 31.0 Å². The van der Waals surface area contributed by atoms with Gasteiger partial charge in [-0.25, -0.2) is 4.98 Å².